The number of carboxylic acid groups (broad SMARTS) is 1. The van der Waals surface area contributed by atoms with Crippen molar-refractivity contribution in [3.63, 3.8) is 0 Å². The predicted molar refractivity (Wildman–Crippen MR) is 121 cm³/mol. The van der Waals surface area contributed by atoms with Crippen molar-refractivity contribution in [2.75, 3.05) is 5.32 Å². The highest BCUT2D eigenvalue weighted by atomic mass is 16.4. The van der Waals surface area contributed by atoms with Crippen molar-refractivity contribution in [3.05, 3.63) is 76.7 Å². The number of rotatable bonds is 6. The number of nitrogens with one attached hydrogen (secondary N) is 1. The van der Waals surface area contributed by atoms with Gasteiger partial charge in [-0.3, -0.25) is 14.2 Å². The lowest BCUT2D eigenvalue weighted by Gasteiger charge is -2.21. The van der Waals surface area contributed by atoms with Gasteiger partial charge in [0.2, 0.25) is 5.95 Å². The second-order valence-electron chi connectivity index (χ2n) is 8.39. The minimum Gasteiger partial charge on any atom is -0.481 e. The smallest absolute Gasteiger partial charge is 0.310 e. The molecular weight excluding hydrogens is 392 g/mol. The van der Waals surface area contributed by atoms with Gasteiger partial charge in [-0.2, -0.15) is 4.98 Å². The molecule has 0 aliphatic rings. The molecule has 0 saturated heterocycles. The van der Waals surface area contributed by atoms with Gasteiger partial charge in [0.05, 0.1) is 11.5 Å². The molecule has 4 rings (SSSR count). The van der Waals surface area contributed by atoms with E-state index in [1.54, 1.807) is 26.1 Å². The second kappa shape index (κ2) is 7.83. The fourth-order valence-corrected chi connectivity index (χ4v) is 3.51. The maximum absolute atomic E-state index is 12.5. The highest BCUT2D eigenvalue weighted by molar-refractivity contribution is 5.83. The first-order valence-corrected chi connectivity index (χ1v) is 10.1. The zero-order chi connectivity index (χ0) is 22.2. The maximum atomic E-state index is 12.5. The van der Waals surface area contributed by atoms with Crippen molar-refractivity contribution in [2.24, 2.45) is 5.41 Å². The van der Waals surface area contributed by atoms with Crippen LogP contribution in [0.3, 0.4) is 0 Å². The summed E-state index contributed by atoms with van der Waals surface area (Å²) in [5.41, 5.74) is 0.0774. The average molecular weight is 416 g/mol. The number of benzene rings is 2. The van der Waals surface area contributed by atoms with E-state index in [-0.39, 0.29) is 18.1 Å². The Hall–Kier alpha value is -3.74. The van der Waals surface area contributed by atoms with E-state index in [9.17, 15) is 14.7 Å². The van der Waals surface area contributed by atoms with E-state index in [4.69, 9.17) is 0 Å². The zero-order valence-corrected chi connectivity index (χ0v) is 17.7. The lowest BCUT2D eigenvalue weighted by atomic mass is 9.93. The van der Waals surface area contributed by atoms with Crippen LogP contribution in [-0.2, 0) is 11.3 Å². The number of hydrogen-bond acceptors (Lipinski definition) is 5. The number of aliphatic carboxylic acids is 1. The van der Waals surface area contributed by atoms with Crippen molar-refractivity contribution < 1.29 is 9.90 Å². The van der Waals surface area contributed by atoms with E-state index in [0.717, 1.165) is 10.9 Å². The summed E-state index contributed by atoms with van der Waals surface area (Å²) in [6.07, 6.45) is 1.64. The molecule has 0 aliphatic heterocycles. The fourth-order valence-electron chi connectivity index (χ4n) is 3.51. The highest BCUT2D eigenvalue weighted by Gasteiger charge is 2.29. The van der Waals surface area contributed by atoms with Gasteiger partial charge >= 0.3 is 5.97 Å². The van der Waals surface area contributed by atoms with E-state index in [1.165, 1.54) is 16.0 Å². The van der Waals surface area contributed by atoms with Crippen molar-refractivity contribution in [1.82, 2.24) is 14.5 Å². The quantitative estimate of drug-likeness (QED) is 0.488. The minimum absolute atomic E-state index is 0.00912. The van der Waals surface area contributed by atoms with Crippen molar-refractivity contribution >= 4 is 33.7 Å². The highest BCUT2D eigenvalue weighted by Crippen LogP contribution is 2.24. The SMILES string of the molecule is C[C@H](Nc1ncc2ccc(=O)n(CC(C)(C)C(=O)O)c2n1)c1ccc2ccccc2c1. The van der Waals surface area contributed by atoms with Gasteiger partial charge in [-0.15, -0.1) is 0 Å². The summed E-state index contributed by atoms with van der Waals surface area (Å²) in [5, 5.41) is 15.8. The first-order valence-electron chi connectivity index (χ1n) is 10.1. The third-order valence-electron chi connectivity index (χ3n) is 5.47. The number of aromatic nitrogens is 3. The number of carboxylic acids is 1. The molecular formula is C24H24N4O3. The Labute approximate surface area is 179 Å². The molecule has 0 amide bonds. The fraction of sp³-hybridized carbons (Fsp3) is 0.250. The molecule has 7 heteroatoms. The lowest BCUT2D eigenvalue weighted by Crippen LogP contribution is -2.34. The first kappa shape index (κ1) is 20.5. The summed E-state index contributed by atoms with van der Waals surface area (Å²) in [6.45, 7) is 5.20. The summed E-state index contributed by atoms with van der Waals surface area (Å²) in [6, 6.07) is 17.4. The Morgan fingerprint density at radius 3 is 2.55 bits per heavy atom. The molecule has 0 spiro atoms. The number of hydrogen-bond donors (Lipinski definition) is 2. The third-order valence-corrected chi connectivity index (χ3v) is 5.47. The van der Waals surface area contributed by atoms with Gasteiger partial charge < -0.3 is 10.4 Å². The molecule has 2 aromatic carbocycles. The van der Waals surface area contributed by atoms with Crippen LogP contribution in [0.2, 0.25) is 0 Å². The summed E-state index contributed by atoms with van der Waals surface area (Å²) >= 11 is 0. The first-order chi connectivity index (χ1) is 14.7. The summed E-state index contributed by atoms with van der Waals surface area (Å²) in [5.74, 6) is -0.602. The third kappa shape index (κ3) is 4.12. The van der Waals surface area contributed by atoms with Crippen molar-refractivity contribution in [1.29, 1.82) is 0 Å². The predicted octanol–water partition coefficient (Wildman–Crippen LogP) is 4.23. The summed E-state index contributed by atoms with van der Waals surface area (Å²) in [4.78, 5) is 33.0. The molecule has 0 saturated carbocycles. The Morgan fingerprint density at radius 1 is 1.10 bits per heavy atom. The summed E-state index contributed by atoms with van der Waals surface area (Å²) < 4.78 is 1.40. The van der Waals surface area contributed by atoms with E-state index in [1.807, 2.05) is 19.1 Å². The molecule has 4 aromatic rings. The molecule has 158 valence electrons. The number of pyridine rings is 1. The normalized spacial score (nSPS) is 12.7. The van der Waals surface area contributed by atoms with Crippen LogP contribution in [0, 0.1) is 5.41 Å². The standard InChI is InChI=1S/C24H24N4O3/c1-15(17-9-8-16-6-4-5-7-18(16)12-17)26-23-25-13-19-10-11-20(29)28(21(19)27-23)14-24(2,3)22(30)31/h4-13,15H,14H2,1-3H3,(H,30,31)(H,25,26,27)/t15-/m0/s1. The molecule has 2 N–H and O–H groups in total. The van der Waals surface area contributed by atoms with Crippen molar-refractivity contribution in [2.45, 2.75) is 33.4 Å². The Balaban J connectivity index is 1.68. The molecule has 31 heavy (non-hydrogen) atoms. The molecule has 2 aromatic heterocycles. The Bertz CT molecular complexity index is 1340. The average Bonchev–Trinajstić information content (AvgIpc) is 2.75. The second-order valence-corrected chi connectivity index (χ2v) is 8.39. The van der Waals surface area contributed by atoms with Gasteiger partial charge in [0, 0.05) is 24.2 Å². The number of nitrogens with zero attached hydrogens (tertiary/aromatic N) is 3. The van der Waals surface area contributed by atoms with Crippen LogP contribution in [0.25, 0.3) is 21.8 Å². The van der Waals surface area contributed by atoms with E-state index < -0.39 is 11.4 Å². The molecule has 0 aliphatic carbocycles. The zero-order valence-electron chi connectivity index (χ0n) is 17.7. The topological polar surface area (TPSA) is 97.1 Å². The monoisotopic (exact) mass is 416 g/mol. The van der Waals surface area contributed by atoms with Gasteiger partial charge in [0.1, 0.15) is 5.65 Å². The van der Waals surface area contributed by atoms with Gasteiger partial charge in [0.15, 0.2) is 0 Å². The number of anilines is 1. The molecule has 1 atom stereocenters. The lowest BCUT2D eigenvalue weighted by molar-refractivity contribution is -0.147. The molecule has 0 fully saturated rings. The van der Waals surface area contributed by atoms with Gasteiger partial charge in [-0.25, -0.2) is 4.98 Å². The van der Waals surface area contributed by atoms with Gasteiger partial charge in [-0.1, -0.05) is 36.4 Å². The molecule has 0 radical (unpaired) electrons. The molecule has 7 nitrogen and oxygen atoms in total. The minimum atomic E-state index is -1.12. The number of carbonyl (C=O) groups is 1. The molecule has 0 bridgehead atoms. The molecule has 2 heterocycles. The number of fused-ring (bicyclic) bond motifs is 2. The van der Waals surface area contributed by atoms with Crippen LogP contribution in [0.1, 0.15) is 32.4 Å². The van der Waals surface area contributed by atoms with Crippen LogP contribution in [0.5, 0.6) is 0 Å². The van der Waals surface area contributed by atoms with Crippen LogP contribution >= 0.6 is 0 Å². The van der Waals surface area contributed by atoms with Crippen LogP contribution < -0.4 is 10.9 Å². The Morgan fingerprint density at radius 2 is 1.81 bits per heavy atom. The summed E-state index contributed by atoms with van der Waals surface area (Å²) in [7, 11) is 0. The van der Waals surface area contributed by atoms with Crippen LogP contribution in [-0.4, -0.2) is 25.6 Å². The van der Waals surface area contributed by atoms with E-state index in [2.05, 4.69) is 45.6 Å². The van der Waals surface area contributed by atoms with E-state index >= 15 is 0 Å². The van der Waals surface area contributed by atoms with Crippen molar-refractivity contribution in [3.8, 4) is 0 Å². The van der Waals surface area contributed by atoms with Crippen LogP contribution in [0.4, 0.5) is 5.95 Å². The molecule has 0 unspecified atom stereocenters. The largest absolute Gasteiger partial charge is 0.481 e. The van der Waals surface area contributed by atoms with Gasteiger partial charge in [-0.05, 0) is 49.2 Å². The Kier molecular flexibility index (Phi) is 5.19. The maximum Gasteiger partial charge on any atom is 0.310 e. The van der Waals surface area contributed by atoms with Gasteiger partial charge in [0.25, 0.3) is 5.56 Å². The van der Waals surface area contributed by atoms with E-state index in [0.29, 0.717) is 17.0 Å². The van der Waals surface area contributed by atoms with Crippen LogP contribution in [0.15, 0.2) is 65.6 Å².